The number of allylic oxidation sites excluding steroid dienone is 1. The van der Waals surface area contributed by atoms with Gasteiger partial charge in [0, 0.05) is 19.4 Å². The number of ether oxygens (including phenoxy) is 1. The van der Waals surface area contributed by atoms with Gasteiger partial charge in [-0.05, 0) is 12.8 Å². The van der Waals surface area contributed by atoms with E-state index in [1.165, 1.54) is 13.0 Å². The van der Waals surface area contributed by atoms with E-state index in [0.29, 0.717) is 19.3 Å². The highest BCUT2D eigenvalue weighted by Crippen LogP contribution is 2.20. The molecular weight excluding hydrogens is 174 g/mol. The molecule has 0 heterocycles. The van der Waals surface area contributed by atoms with Crippen molar-refractivity contribution in [1.82, 2.24) is 0 Å². The van der Waals surface area contributed by atoms with Gasteiger partial charge in [0.15, 0.2) is 0 Å². The van der Waals surface area contributed by atoms with Gasteiger partial charge >= 0.3 is 5.97 Å². The van der Waals surface area contributed by atoms with E-state index in [1.807, 2.05) is 0 Å². The SMILES string of the molecule is CC(=O)OC1C=C([N+](=O)[O-])CCC1. The van der Waals surface area contributed by atoms with Crippen molar-refractivity contribution in [3.63, 3.8) is 0 Å². The summed E-state index contributed by atoms with van der Waals surface area (Å²) in [5.41, 5.74) is 0.150. The Balaban J connectivity index is 2.62. The van der Waals surface area contributed by atoms with Crippen molar-refractivity contribution < 1.29 is 14.5 Å². The molecule has 0 N–H and O–H groups in total. The molecule has 1 aliphatic carbocycles. The Hall–Kier alpha value is -1.39. The lowest BCUT2D eigenvalue weighted by Crippen LogP contribution is -2.19. The third-order valence-electron chi connectivity index (χ3n) is 1.85. The van der Waals surface area contributed by atoms with E-state index >= 15 is 0 Å². The number of rotatable bonds is 2. The van der Waals surface area contributed by atoms with Gasteiger partial charge in [0.1, 0.15) is 6.10 Å². The average molecular weight is 185 g/mol. The van der Waals surface area contributed by atoms with Crippen LogP contribution in [0.2, 0.25) is 0 Å². The van der Waals surface area contributed by atoms with Crippen molar-refractivity contribution in [2.24, 2.45) is 0 Å². The van der Waals surface area contributed by atoms with Gasteiger partial charge in [-0.25, -0.2) is 0 Å². The lowest BCUT2D eigenvalue weighted by Gasteiger charge is -2.16. The first-order valence-corrected chi connectivity index (χ1v) is 4.12. The minimum atomic E-state index is -0.421. The second-order valence-electron chi connectivity index (χ2n) is 2.96. The minimum Gasteiger partial charge on any atom is -0.458 e. The van der Waals surface area contributed by atoms with E-state index in [-0.39, 0.29) is 5.70 Å². The van der Waals surface area contributed by atoms with E-state index < -0.39 is 17.0 Å². The first-order chi connectivity index (χ1) is 6.09. The largest absolute Gasteiger partial charge is 0.458 e. The number of esters is 1. The molecule has 0 aromatic heterocycles. The van der Waals surface area contributed by atoms with E-state index in [1.54, 1.807) is 0 Å². The van der Waals surface area contributed by atoms with Crippen molar-refractivity contribution >= 4 is 5.97 Å². The van der Waals surface area contributed by atoms with E-state index in [2.05, 4.69) is 0 Å². The molecule has 5 nitrogen and oxygen atoms in total. The molecule has 0 fully saturated rings. The molecule has 13 heavy (non-hydrogen) atoms. The van der Waals surface area contributed by atoms with Crippen molar-refractivity contribution in [1.29, 1.82) is 0 Å². The number of nitrogens with zero attached hydrogens (tertiary/aromatic N) is 1. The second kappa shape index (κ2) is 4.02. The van der Waals surface area contributed by atoms with Gasteiger partial charge < -0.3 is 4.74 Å². The Labute approximate surface area is 75.5 Å². The van der Waals surface area contributed by atoms with Crippen molar-refractivity contribution in [3.8, 4) is 0 Å². The van der Waals surface area contributed by atoms with Crippen molar-refractivity contribution in [2.75, 3.05) is 0 Å². The summed E-state index contributed by atoms with van der Waals surface area (Å²) in [6.07, 6.45) is 2.85. The first kappa shape index (κ1) is 9.70. The fourth-order valence-electron chi connectivity index (χ4n) is 1.32. The maximum absolute atomic E-state index is 10.6. The van der Waals surface area contributed by atoms with Crippen molar-refractivity contribution in [3.05, 3.63) is 21.9 Å². The normalized spacial score (nSPS) is 21.9. The lowest BCUT2D eigenvalue weighted by molar-refractivity contribution is -0.429. The summed E-state index contributed by atoms with van der Waals surface area (Å²) in [6, 6.07) is 0. The molecule has 0 aromatic carbocycles. The summed E-state index contributed by atoms with van der Waals surface area (Å²) in [5.74, 6) is -0.397. The van der Waals surface area contributed by atoms with Gasteiger partial charge in [-0.3, -0.25) is 14.9 Å². The van der Waals surface area contributed by atoms with Gasteiger partial charge in [0.25, 0.3) is 0 Å². The topological polar surface area (TPSA) is 69.4 Å². The zero-order valence-electron chi connectivity index (χ0n) is 7.36. The fraction of sp³-hybridized carbons (Fsp3) is 0.625. The highest BCUT2D eigenvalue weighted by atomic mass is 16.6. The van der Waals surface area contributed by atoms with Crippen LogP contribution in [0, 0.1) is 10.1 Å². The second-order valence-corrected chi connectivity index (χ2v) is 2.96. The molecule has 1 rings (SSSR count). The number of hydrogen-bond acceptors (Lipinski definition) is 4. The fourth-order valence-corrected chi connectivity index (χ4v) is 1.32. The molecule has 0 bridgehead atoms. The molecule has 0 radical (unpaired) electrons. The maximum atomic E-state index is 10.6. The van der Waals surface area contributed by atoms with Crippen LogP contribution in [0.1, 0.15) is 26.2 Å². The molecular formula is C8H11NO4. The monoisotopic (exact) mass is 185 g/mol. The predicted octanol–water partition coefficient (Wildman–Crippen LogP) is 1.26. The minimum absolute atomic E-state index is 0.150. The summed E-state index contributed by atoms with van der Waals surface area (Å²) in [6.45, 7) is 1.30. The third kappa shape index (κ3) is 2.85. The molecule has 1 aliphatic rings. The summed E-state index contributed by atoms with van der Waals surface area (Å²) in [5, 5.41) is 10.4. The highest BCUT2D eigenvalue weighted by molar-refractivity contribution is 5.66. The number of carbonyl (C=O) groups excluding carboxylic acids is 1. The summed E-state index contributed by atoms with van der Waals surface area (Å²) >= 11 is 0. The number of nitro groups is 1. The Bertz CT molecular complexity index is 259. The third-order valence-corrected chi connectivity index (χ3v) is 1.85. The van der Waals surface area contributed by atoms with Crippen LogP contribution >= 0.6 is 0 Å². The van der Waals surface area contributed by atoms with Crippen LogP contribution in [0.4, 0.5) is 0 Å². The van der Waals surface area contributed by atoms with Crippen LogP contribution < -0.4 is 0 Å². The Kier molecular flexibility index (Phi) is 3.00. The summed E-state index contributed by atoms with van der Waals surface area (Å²) in [4.78, 5) is 20.5. The van der Waals surface area contributed by atoms with Crippen molar-refractivity contribution in [2.45, 2.75) is 32.3 Å². The quantitative estimate of drug-likeness (QED) is 0.369. The molecule has 0 aliphatic heterocycles. The van der Waals surface area contributed by atoms with Crippen LogP contribution in [0.3, 0.4) is 0 Å². The van der Waals surface area contributed by atoms with Gasteiger partial charge in [0.05, 0.1) is 4.92 Å². The van der Waals surface area contributed by atoms with Crippen LogP contribution in [0.15, 0.2) is 11.8 Å². The van der Waals surface area contributed by atoms with Gasteiger partial charge in [-0.1, -0.05) is 0 Å². The molecule has 5 heteroatoms. The van der Waals surface area contributed by atoms with Crippen LogP contribution in [0.25, 0.3) is 0 Å². The Morgan fingerprint density at radius 3 is 3.00 bits per heavy atom. The average Bonchev–Trinajstić information content (AvgIpc) is 2.03. The highest BCUT2D eigenvalue weighted by Gasteiger charge is 2.22. The smallest absolute Gasteiger partial charge is 0.303 e. The first-order valence-electron chi connectivity index (χ1n) is 4.12. The van der Waals surface area contributed by atoms with E-state index in [0.717, 1.165) is 0 Å². The molecule has 1 unspecified atom stereocenters. The van der Waals surface area contributed by atoms with Gasteiger partial charge in [-0.2, -0.15) is 0 Å². The number of hydrogen-bond donors (Lipinski definition) is 0. The van der Waals surface area contributed by atoms with E-state index in [4.69, 9.17) is 4.74 Å². The molecule has 0 spiro atoms. The molecule has 0 amide bonds. The van der Waals surface area contributed by atoms with Gasteiger partial charge in [0.2, 0.25) is 5.70 Å². The van der Waals surface area contributed by atoms with Crippen LogP contribution in [-0.2, 0) is 9.53 Å². The molecule has 0 saturated heterocycles. The Morgan fingerprint density at radius 2 is 2.46 bits per heavy atom. The number of carbonyl (C=O) groups is 1. The molecule has 1 atom stereocenters. The van der Waals surface area contributed by atoms with E-state index in [9.17, 15) is 14.9 Å². The molecule has 0 saturated carbocycles. The maximum Gasteiger partial charge on any atom is 0.303 e. The molecule has 72 valence electrons. The predicted molar refractivity (Wildman–Crippen MR) is 44.5 cm³/mol. The summed E-state index contributed by atoms with van der Waals surface area (Å²) in [7, 11) is 0. The molecule has 0 aromatic rings. The van der Waals surface area contributed by atoms with Crippen LogP contribution in [0.5, 0.6) is 0 Å². The van der Waals surface area contributed by atoms with Crippen LogP contribution in [-0.4, -0.2) is 17.0 Å². The zero-order chi connectivity index (χ0) is 9.84. The van der Waals surface area contributed by atoms with Gasteiger partial charge in [-0.15, -0.1) is 0 Å². The lowest BCUT2D eigenvalue weighted by atomic mass is 10.0. The zero-order valence-corrected chi connectivity index (χ0v) is 7.36. The standard InChI is InChI=1S/C8H11NO4/c1-6(10)13-8-4-2-3-7(5-8)9(11)12/h5,8H,2-4H2,1H3. The summed E-state index contributed by atoms with van der Waals surface area (Å²) < 4.78 is 4.85. The Morgan fingerprint density at radius 1 is 1.77 bits per heavy atom.